The monoisotopic (exact) mass is 474 g/mol. The molecule has 0 spiro atoms. The highest BCUT2D eigenvalue weighted by molar-refractivity contribution is 5.22. The summed E-state index contributed by atoms with van der Waals surface area (Å²) >= 11 is 0. The third-order valence-electron chi connectivity index (χ3n) is 7.32. The Bertz CT molecular complexity index is 879. The van der Waals surface area contributed by atoms with Crippen molar-refractivity contribution < 1.29 is 14.2 Å². The maximum Gasteiger partial charge on any atom is 0.119 e. The SMILES string of the molecule is CC(C)C(C)(CCOc1ccccc1)C(CCCOc1ccccc1)CCCOc1ccccc1. The third kappa shape index (κ3) is 8.98. The zero-order chi connectivity index (χ0) is 24.8. The Morgan fingerprint density at radius 1 is 0.571 bits per heavy atom. The minimum Gasteiger partial charge on any atom is -0.494 e. The van der Waals surface area contributed by atoms with Crippen LogP contribution in [0.25, 0.3) is 0 Å². The number of rotatable bonds is 16. The van der Waals surface area contributed by atoms with Crippen LogP contribution in [0, 0.1) is 17.3 Å². The highest BCUT2D eigenvalue weighted by Gasteiger charge is 2.36. The molecule has 0 radical (unpaired) electrons. The van der Waals surface area contributed by atoms with Crippen molar-refractivity contribution in [3.05, 3.63) is 91.0 Å². The fraction of sp³-hybridized carbons (Fsp3) is 0.438. The Morgan fingerprint density at radius 2 is 0.943 bits per heavy atom. The average Bonchev–Trinajstić information content (AvgIpc) is 2.89. The first-order chi connectivity index (χ1) is 17.1. The van der Waals surface area contributed by atoms with Crippen LogP contribution in [0.4, 0.5) is 0 Å². The van der Waals surface area contributed by atoms with Gasteiger partial charge in [-0.2, -0.15) is 0 Å². The largest absolute Gasteiger partial charge is 0.494 e. The predicted molar refractivity (Wildman–Crippen MR) is 145 cm³/mol. The van der Waals surface area contributed by atoms with E-state index in [4.69, 9.17) is 14.2 Å². The fourth-order valence-corrected chi connectivity index (χ4v) is 4.75. The summed E-state index contributed by atoms with van der Waals surface area (Å²) in [6.07, 6.45) is 5.39. The summed E-state index contributed by atoms with van der Waals surface area (Å²) in [6.45, 7) is 9.39. The van der Waals surface area contributed by atoms with Crippen LogP contribution in [-0.4, -0.2) is 19.8 Å². The van der Waals surface area contributed by atoms with E-state index >= 15 is 0 Å². The van der Waals surface area contributed by atoms with Gasteiger partial charge in [0.2, 0.25) is 0 Å². The normalized spacial score (nSPS) is 12.9. The molecular weight excluding hydrogens is 432 g/mol. The molecule has 1 atom stereocenters. The average molecular weight is 475 g/mol. The molecule has 0 aliphatic carbocycles. The first-order valence-electron chi connectivity index (χ1n) is 13.1. The number of ether oxygens (including phenoxy) is 3. The number of hydrogen-bond acceptors (Lipinski definition) is 3. The second-order valence-electron chi connectivity index (χ2n) is 9.88. The van der Waals surface area contributed by atoms with Crippen molar-refractivity contribution in [1.82, 2.24) is 0 Å². The molecule has 0 aromatic heterocycles. The number of benzene rings is 3. The maximum atomic E-state index is 6.12. The molecule has 1 unspecified atom stereocenters. The van der Waals surface area contributed by atoms with Crippen LogP contribution in [0.2, 0.25) is 0 Å². The van der Waals surface area contributed by atoms with Crippen LogP contribution in [0.3, 0.4) is 0 Å². The molecule has 3 aromatic carbocycles. The number of hydrogen-bond donors (Lipinski definition) is 0. The van der Waals surface area contributed by atoms with Crippen LogP contribution in [-0.2, 0) is 0 Å². The predicted octanol–water partition coefficient (Wildman–Crippen LogP) is 8.45. The van der Waals surface area contributed by atoms with Crippen LogP contribution >= 0.6 is 0 Å². The first-order valence-corrected chi connectivity index (χ1v) is 13.1. The summed E-state index contributed by atoms with van der Waals surface area (Å²) in [6, 6.07) is 30.4. The van der Waals surface area contributed by atoms with Crippen molar-refractivity contribution in [2.24, 2.45) is 17.3 Å². The molecule has 0 N–H and O–H groups in total. The molecule has 0 heterocycles. The van der Waals surface area contributed by atoms with Crippen molar-refractivity contribution >= 4 is 0 Å². The zero-order valence-electron chi connectivity index (χ0n) is 21.7. The highest BCUT2D eigenvalue weighted by atomic mass is 16.5. The fourth-order valence-electron chi connectivity index (χ4n) is 4.75. The molecule has 0 saturated carbocycles. The standard InChI is InChI=1S/C32H42O3/c1-27(2)32(3,23-26-35-31-21-11-6-12-22-31)28(15-13-24-33-29-17-7-4-8-18-29)16-14-25-34-30-19-9-5-10-20-30/h4-12,17-22,27-28H,13-16,23-26H2,1-3H3. The van der Waals surface area contributed by atoms with E-state index in [1.807, 2.05) is 91.0 Å². The summed E-state index contributed by atoms with van der Waals surface area (Å²) in [5, 5.41) is 0. The Morgan fingerprint density at radius 3 is 1.31 bits per heavy atom. The smallest absolute Gasteiger partial charge is 0.119 e. The van der Waals surface area contributed by atoms with E-state index in [0.29, 0.717) is 11.8 Å². The molecule has 0 aliphatic heterocycles. The third-order valence-corrected chi connectivity index (χ3v) is 7.32. The first kappa shape index (κ1) is 26.7. The van der Waals surface area contributed by atoms with Crippen LogP contribution in [0.5, 0.6) is 17.2 Å². The van der Waals surface area contributed by atoms with Gasteiger partial charge in [-0.15, -0.1) is 0 Å². The van der Waals surface area contributed by atoms with Gasteiger partial charge in [0.25, 0.3) is 0 Å². The van der Waals surface area contributed by atoms with Gasteiger partial charge < -0.3 is 14.2 Å². The number of para-hydroxylation sites is 3. The van der Waals surface area contributed by atoms with Gasteiger partial charge in [-0.25, -0.2) is 0 Å². The minimum absolute atomic E-state index is 0.175. The quantitative estimate of drug-likeness (QED) is 0.195. The van der Waals surface area contributed by atoms with Gasteiger partial charge in [0.05, 0.1) is 19.8 Å². The summed E-state index contributed by atoms with van der Waals surface area (Å²) in [5.74, 6) is 3.96. The van der Waals surface area contributed by atoms with Crippen molar-refractivity contribution in [3.8, 4) is 17.2 Å². The van der Waals surface area contributed by atoms with Gasteiger partial charge in [-0.3, -0.25) is 0 Å². The molecule has 3 aromatic rings. The van der Waals surface area contributed by atoms with E-state index in [1.165, 1.54) is 0 Å². The van der Waals surface area contributed by atoms with Crippen molar-refractivity contribution in [2.75, 3.05) is 19.8 Å². The second-order valence-corrected chi connectivity index (χ2v) is 9.88. The Kier molecular flexibility index (Phi) is 11.0. The Labute approximate surface area is 212 Å². The summed E-state index contributed by atoms with van der Waals surface area (Å²) < 4.78 is 18.1. The molecule has 35 heavy (non-hydrogen) atoms. The van der Waals surface area contributed by atoms with Gasteiger partial charge in [-0.05, 0) is 85.8 Å². The zero-order valence-corrected chi connectivity index (χ0v) is 21.7. The molecule has 0 saturated heterocycles. The van der Waals surface area contributed by atoms with Gasteiger partial charge in [0.15, 0.2) is 0 Å². The second kappa shape index (κ2) is 14.5. The lowest BCUT2D eigenvalue weighted by atomic mass is 9.64. The summed E-state index contributed by atoms with van der Waals surface area (Å²) in [4.78, 5) is 0. The van der Waals surface area contributed by atoms with E-state index in [-0.39, 0.29) is 5.41 Å². The lowest BCUT2D eigenvalue weighted by molar-refractivity contribution is 0.0585. The van der Waals surface area contributed by atoms with E-state index in [0.717, 1.165) is 69.2 Å². The lowest BCUT2D eigenvalue weighted by Crippen LogP contribution is -2.35. The van der Waals surface area contributed by atoms with Gasteiger partial charge in [0, 0.05) is 0 Å². The summed E-state index contributed by atoms with van der Waals surface area (Å²) in [5.41, 5.74) is 0.175. The molecule has 0 aliphatic rings. The van der Waals surface area contributed by atoms with Crippen molar-refractivity contribution in [3.63, 3.8) is 0 Å². The van der Waals surface area contributed by atoms with E-state index in [9.17, 15) is 0 Å². The van der Waals surface area contributed by atoms with Crippen LogP contribution in [0.1, 0.15) is 52.9 Å². The topological polar surface area (TPSA) is 27.7 Å². The van der Waals surface area contributed by atoms with Gasteiger partial charge in [-0.1, -0.05) is 75.4 Å². The molecule has 0 fully saturated rings. The molecule has 0 amide bonds. The highest BCUT2D eigenvalue weighted by Crippen LogP contribution is 2.44. The molecule has 3 heteroatoms. The lowest BCUT2D eigenvalue weighted by Gasteiger charge is -2.42. The van der Waals surface area contributed by atoms with E-state index < -0.39 is 0 Å². The van der Waals surface area contributed by atoms with Gasteiger partial charge >= 0.3 is 0 Å². The Hall–Kier alpha value is -2.94. The van der Waals surface area contributed by atoms with Crippen LogP contribution in [0.15, 0.2) is 91.0 Å². The molecule has 3 nitrogen and oxygen atoms in total. The molecule has 188 valence electrons. The Balaban J connectivity index is 1.57. The molecule has 0 bridgehead atoms. The molecular formula is C32H42O3. The summed E-state index contributed by atoms with van der Waals surface area (Å²) in [7, 11) is 0. The van der Waals surface area contributed by atoms with Crippen molar-refractivity contribution in [2.45, 2.75) is 52.9 Å². The van der Waals surface area contributed by atoms with E-state index in [2.05, 4.69) is 20.8 Å². The van der Waals surface area contributed by atoms with Crippen LogP contribution < -0.4 is 14.2 Å². The molecule has 3 rings (SSSR count). The van der Waals surface area contributed by atoms with Gasteiger partial charge in [0.1, 0.15) is 17.2 Å². The van der Waals surface area contributed by atoms with Crippen molar-refractivity contribution in [1.29, 1.82) is 0 Å². The maximum absolute atomic E-state index is 6.12. The van der Waals surface area contributed by atoms with E-state index in [1.54, 1.807) is 0 Å². The minimum atomic E-state index is 0.175.